The van der Waals surface area contributed by atoms with Crippen molar-refractivity contribution in [3.63, 3.8) is 0 Å². The van der Waals surface area contributed by atoms with Crippen LogP contribution in [-0.4, -0.2) is 69.8 Å². The Labute approximate surface area is 280 Å². The smallest absolute Gasteiger partial charge is 0.451 e. The Bertz CT molecular complexity index is 2050. The number of alkyl halides is 3. The van der Waals surface area contributed by atoms with E-state index < -0.39 is 28.9 Å². The number of imidazole rings is 1. The molecule has 1 atom stereocenters. The molecule has 2 aromatic carbocycles. The van der Waals surface area contributed by atoms with Crippen molar-refractivity contribution in [2.45, 2.75) is 56.3 Å². The van der Waals surface area contributed by atoms with Crippen LogP contribution in [0.1, 0.15) is 53.5 Å². The van der Waals surface area contributed by atoms with Gasteiger partial charge in [-0.1, -0.05) is 12.1 Å². The van der Waals surface area contributed by atoms with E-state index in [2.05, 4.69) is 30.2 Å². The topological polar surface area (TPSA) is 118 Å². The monoisotopic (exact) mass is 691 g/mol. The molecule has 2 aliphatic rings. The number of pyridine rings is 1. The number of nitrogens with zero attached hydrogens (tertiary/aromatic N) is 7. The van der Waals surface area contributed by atoms with E-state index >= 15 is 0 Å². The van der Waals surface area contributed by atoms with Gasteiger partial charge in [-0.2, -0.15) is 23.5 Å². The third kappa shape index (κ3) is 6.91. The van der Waals surface area contributed by atoms with Crippen LogP contribution in [0.3, 0.4) is 0 Å². The SMILES string of the molecule is N#Cc1ccc(COc2cc(C3CCN(Cc4nc5cc(-c6n[nH]c(C(F)(F)F)n6)ncc5n4C[C@]4([Si])CCO4)CC3)ccc2F)c(F)c1. The third-order valence-electron chi connectivity index (χ3n) is 8.94. The Morgan fingerprint density at radius 1 is 1.08 bits per heavy atom. The van der Waals surface area contributed by atoms with Crippen molar-refractivity contribution in [3.05, 3.63) is 88.6 Å². The predicted octanol–water partition coefficient (Wildman–Crippen LogP) is 5.63. The van der Waals surface area contributed by atoms with Gasteiger partial charge in [-0.3, -0.25) is 15.0 Å². The van der Waals surface area contributed by atoms with Gasteiger partial charge in [0.05, 0.1) is 50.9 Å². The lowest BCUT2D eigenvalue weighted by Crippen LogP contribution is -2.48. The second-order valence-electron chi connectivity index (χ2n) is 12.2. The highest BCUT2D eigenvalue weighted by molar-refractivity contribution is 6.15. The van der Waals surface area contributed by atoms with Gasteiger partial charge in [0.1, 0.15) is 23.9 Å². The van der Waals surface area contributed by atoms with Crippen LogP contribution in [0.5, 0.6) is 5.75 Å². The predicted molar refractivity (Wildman–Crippen MR) is 166 cm³/mol. The summed E-state index contributed by atoms with van der Waals surface area (Å²) in [4.78, 5) is 15.0. The van der Waals surface area contributed by atoms with Crippen LogP contribution in [0.4, 0.5) is 22.0 Å². The number of hydrogen-bond donors (Lipinski definition) is 1. The highest BCUT2D eigenvalue weighted by Crippen LogP contribution is 2.34. The molecule has 5 aromatic rings. The van der Waals surface area contributed by atoms with E-state index in [1.807, 2.05) is 15.7 Å². The molecule has 0 unspecified atom stereocenters. The lowest BCUT2D eigenvalue weighted by molar-refractivity contribution is -0.144. The van der Waals surface area contributed by atoms with Crippen molar-refractivity contribution >= 4 is 21.3 Å². The molecule has 3 aromatic heterocycles. The van der Waals surface area contributed by atoms with E-state index in [0.29, 0.717) is 30.7 Å². The molecule has 5 heterocycles. The second kappa shape index (κ2) is 13.0. The summed E-state index contributed by atoms with van der Waals surface area (Å²) in [6.45, 7) is 2.86. The lowest BCUT2D eigenvalue weighted by Gasteiger charge is -2.39. The third-order valence-corrected chi connectivity index (χ3v) is 9.49. The molecule has 2 saturated heterocycles. The van der Waals surface area contributed by atoms with Gasteiger partial charge in [-0.25, -0.2) is 18.7 Å². The largest absolute Gasteiger partial charge is 0.486 e. The molecule has 10 nitrogen and oxygen atoms in total. The van der Waals surface area contributed by atoms with E-state index in [1.165, 1.54) is 18.2 Å². The molecule has 0 bridgehead atoms. The molecule has 7 rings (SSSR count). The normalized spacial score (nSPS) is 18.8. The second-order valence-corrected chi connectivity index (χ2v) is 13.1. The van der Waals surface area contributed by atoms with Crippen molar-refractivity contribution in [1.82, 2.24) is 34.6 Å². The Morgan fingerprint density at radius 2 is 1.88 bits per heavy atom. The number of piperidine rings is 1. The number of H-pyrrole nitrogens is 1. The van der Waals surface area contributed by atoms with Crippen LogP contribution in [0.15, 0.2) is 48.7 Å². The number of nitriles is 1. The molecule has 3 radical (unpaired) electrons. The first-order chi connectivity index (χ1) is 23.5. The number of rotatable bonds is 9. The van der Waals surface area contributed by atoms with Gasteiger partial charge in [0.25, 0.3) is 0 Å². The summed E-state index contributed by atoms with van der Waals surface area (Å²) in [5, 5.41) is 14.0. The highest BCUT2D eigenvalue weighted by Gasteiger charge is 2.37. The van der Waals surface area contributed by atoms with E-state index in [9.17, 15) is 22.0 Å². The summed E-state index contributed by atoms with van der Waals surface area (Å²) in [6.07, 6.45) is -0.721. The quantitative estimate of drug-likeness (QED) is 0.156. The lowest BCUT2D eigenvalue weighted by atomic mass is 9.89. The van der Waals surface area contributed by atoms with Crippen LogP contribution in [0.25, 0.3) is 22.6 Å². The van der Waals surface area contributed by atoms with E-state index in [-0.39, 0.29) is 40.9 Å². The Hall–Kier alpha value is -4.72. The maximum Gasteiger partial charge on any atom is 0.451 e. The molecule has 0 saturated carbocycles. The number of aromatic nitrogens is 6. The molecule has 251 valence electrons. The number of nitrogens with one attached hydrogen (secondary N) is 1. The minimum atomic E-state index is -4.66. The number of aromatic amines is 1. The minimum absolute atomic E-state index is 0.0341. The van der Waals surface area contributed by atoms with Crippen LogP contribution >= 0.6 is 0 Å². The first-order valence-electron chi connectivity index (χ1n) is 15.6. The summed E-state index contributed by atoms with van der Waals surface area (Å²) in [6, 6.07) is 12.3. The summed E-state index contributed by atoms with van der Waals surface area (Å²) in [5.74, 6) is -1.59. The van der Waals surface area contributed by atoms with Gasteiger partial charge in [0.2, 0.25) is 5.82 Å². The van der Waals surface area contributed by atoms with Crippen LogP contribution in [0.2, 0.25) is 0 Å². The fourth-order valence-corrected chi connectivity index (χ4v) is 6.49. The average Bonchev–Trinajstić information content (AvgIpc) is 3.70. The molecular weight excluding hydrogens is 663 g/mol. The Balaban J connectivity index is 1.05. The zero-order valence-corrected chi connectivity index (χ0v) is 26.9. The zero-order chi connectivity index (χ0) is 34.3. The fourth-order valence-electron chi connectivity index (χ4n) is 6.12. The van der Waals surface area contributed by atoms with E-state index in [4.69, 9.17) is 19.7 Å². The van der Waals surface area contributed by atoms with Crippen molar-refractivity contribution < 1.29 is 31.4 Å². The van der Waals surface area contributed by atoms with Crippen LogP contribution < -0.4 is 4.74 Å². The van der Waals surface area contributed by atoms with Gasteiger partial charge < -0.3 is 14.0 Å². The van der Waals surface area contributed by atoms with Crippen molar-refractivity contribution in [3.8, 4) is 23.3 Å². The maximum absolute atomic E-state index is 14.7. The van der Waals surface area contributed by atoms with Gasteiger partial charge in [-0.15, -0.1) is 0 Å². The van der Waals surface area contributed by atoms with Crippen molar-refractivity contribution in [2.24, 2.45) is 0 Å². The first kappa shape index (κ1) is 32.8. The molecular formula is C33H28F5N8O2Si. The van der Waals surface area contributed by atoms with Gasteiger partial charge in [0, 0.05) is 18.7 Å². The molecule has 2 aliphatic heterocycles. The Kier molecular flexibility index (Phi) is 8.67. The number of benzene rings is 2. The van der Waals surface area contributed by atoms with Gasteiger partial charge >= 0.3 is 6.18 Å². The van der Waals surface area contributed by atoms with Crippen LogP contribution in [0, 0.1) is 23.0 Å². The fraction of sp³-hybridized carbons (Fsp3) is 0.364. The van der Waals surface area contributed by atoms with E-state index in [0.717, 1.165) is 49.8 Å². The molecule has 0 spiro atoms. The average molecular weight is 692 g/mol. The summed E-state index contributed by atoms with van der Waals surface area (Å²) in [5.41, 5.74) is 2.74. The summed E-state index contributed by atoms with van der Waals surface area (Å²) in [7, 11) is 3.74. The number of halogens is 5. The highest BCUT2D eigenvalue weighted by atomic mass is 28.1. The number of hydrogen-bond acceptors (Lipinski definition) is 8. The molecule has 49 heavy (non-hydrogen) atoms. The van der Waals surface area contributed by atoms with Gasteiger partial charge in [0.15, 0.2) is 17.4 Å². The molecule has 1 N–H and O–H groups in total. The standard InChI is InChI=1S/C33H28F5N8O2Si/c34-23-4-3-21(12-28(23)47-17-22-2-1-19(14-39)11-24(22)35)20-5-8-45(9-6-20)16-29-41-25-13-26(30-42-31(44-43-30)33(36,37)38)40-15-27(25)46(29)18-32(49)7-10-48-32/h1-4,11-13,15,20H,5-10,16-18H2,(H,42,43,44)/t32-/m1/s1. The molecule has 0 aliphatic carbocycles. The summed E-state index contributed by atoms with van der Waals surface area (Å²) < 4.78 is 81.7. The zero-order valence-electron chi connectivity index (χ0n) is 25.9. The van der Waals surface area contributed by atoms with Gasteiger partial charge in [-0.05, 0) is 74.2 Å². The van der Waals surface area contributed by atoms with E-state index in [1.54, 1.807) is 24.4 Å². The molecule has 0 amide bonds. The molecule has 2 fully saturated rings. The van der Waals surface area contributed by atoms with Crippen molar-refractivity contribution in [1.29, 1.82) is 5.26 Å². The number of ether oxygens (including phenoxy) is 2. The maximum atomic E-state index is 14.7. The minimum Gasteiger partial charge on any atom is -0.486 e. The van der Waals surface area contributed by atoms with Crippen molar-refractivity contribution in [2.75, 3.05) is 19.7 Å². The molecule has 16 heteroatoms. The first-order valence-corrected chi connectivity index (χ1v) is 16.1. The summed E-state index contributed by atoms with van der Waals surface area (Å²) >= 11 is 0. The number of likely N-dealkylation sites (tertiary alicyclic amines) is 1. The Morgan fingerprint density at radius 3 is 2.55 bits per heavy atom. The number of fused-ring (bicyclic) bond motifs is 1. The van der Waals surface area contributed by atoms with Crippen LogP contribution in [-0.2, 0) is 30.6 Å².